The van der Waals surface area contributed by atoms with Gasteiger partial charge in [0, 0.05) is 48.4 Å². The molecule has 0 saturated heterocycles. The summed E-state index contributed by atoms with van der Waals surface area (Å²) in [5.74, 6) is 0.993. The first kappa shape index (κ1) is 32.4. The first-order chi connectivity index (χ1) is 22.9. The molecular weight excluding hydrogens is 624 g/mol. The van der Waals surface area contributed by atoms with Gasteiger partial charge in [-0.2, -0.15) is 0 Å². The average Bonchev–Trinajstić information content (AvgIpc) is 3.83. The molecule has 5 aliphatic rings. The highest BCUT2D eigenvalue weighted by Crippen LogP contribution is 2.47. The number of aliphatic hydroxyl groups excluding tert-OH is 4. The first-order valence-corrected chi connectivity index (χ1v) is 15.7. The lowest BCUT2D eigenvalue weighted by Crippen LogP contribution is -2.64. The minimum absolute atomic E-state index is 0.203. The third kappa shape index (κ3) is 5.48. The Kier molecular flexibility index (Phi) is 8.15. The smallest absolute Gasteiger partial charge is 0.193 e. The maximum Gasteiger partial charge on any atom is 0.193 e. The molecule has 0 amide bonds. The van der Waals surface area contributed by atoms with Crippen molar-refractivity contribution in [2.75, 3.05) is 31.2 Å². The van der Waals surface area contributed by atoms with Gasteiger partial charge in [0.25, 0.3) is 0 Å². The molecule has 0 aliphatic carbocycles. The number of rotatable bonds is 11. The number of benzene rings is 1. The van der Waals surface area contributed by atoms with Crippen molar-refractivity contribution in [1.29, 1.82) is 0 Å². The molecular formula is C34H38N4O10. The van der Waals surface area contributed by atoms with Gasteiger partial charge in [0.15, 0.2) is 16.8 Å². The number of aryl methyl sites for hydroxylation is 1. The summed E-state index contributed by atoms with van der Waals surface area (Å²) >= 11 is 0. The lowest BCUT2D eigenvalue weighted by Gasteiger charge is -2.42. The van der Waals surface area contributed by atoms with Gasteiger partial charge in [-0.05, 0) is 45.1 Å². The van der Waals surface area contributed by atoms with E-state index in [1.165, 1.54) is 6.07 Å². The van der Waals surface area contributed by atoms with Crippen LogP contribution in [0, 0.1) is 6.92 Å². The fourth-order valence-electron chi connectivity index (χ4n) is 6.70. The van der Waals surface area contributed by atoms with Crippen LogP contribution in [0.4, 0.5) is 5.69 Å². The van der Waals surface area contributed by atoms with Crippen LogP contribution in [0.5, 0.6) is 5.75 Å². The lowest BCUT2D eigenvalue weighted by atomic mass is 9.86. The van der Waals surface area contributed by atoms with Crippen molar-refractivity contribution in [1.82, 2.24) is 4.90 Å². The number of hydrogen-bond donors (Lipinski definition) is 5. The Morgan fingerprint density at radius 2 is 1.98 bits per heavy atom. The predicted molar refractivity (Wildman–Crippen MR) is 175 cm³/mol. The number of nitrogens with zero attached hydrogens (tertiary/aromatic N) is 4. The van der Waals surface area contributed by atoms with Crippen molar-refractivity contribution in [3.8, 4) is 5.75 Å². The highest BCUT2D eigenvalue weighted by Gasteiger charge is 2.49. The van der Waals surface area contributed by atoms with Gasteiger partial charge >= 0.3 is 0 Å². The van der Waals surface area contributed by atoms with Crippen molar-refractivity contribution < 1.29 is 44.5 Å². The Hall–Kier alpha value is -4.15. The largest absolute Gasteiger partial charge is 0.482 e. The van der Waals surface area contributed by atoms with E-state index in [2.05, 4.69) is 9.98 Å². The summed E-state index contributed by atoms with van der Waals surface area (Å²) in [4.78, 5) is 36.8. The van der Waals surface area contributed by atoms with Crippen LogP contribution in [0.2, 0.25) is 0 Å². The Morgan fingerprint density at radius 1 is 1.17 bits per heavy atom. The zero-order chi connectivity index (χ0) is 34.0. The molecule has 0 spiro atoms. The van der Waals surface area contributed by atoms with Crippen molar-refractivity contribution in [3.05, 3.63) is 82.3 Å². The number of ether oxygens (including phenoxy) is 1. The zero-order valence-corrected chi connectivity index (χ0v) is 26.7. The first-order valence-electron chi connectivity index (χ1n) is 15.7. The Morgan fingerprint density at radius 3 is 2.75 bits per heavy atom. The molecule has 1 unspecified atom stereocenters. The minimum atomic E-state index is -2.35. The number of hydrogen-bond acceptors (Lipinski definition) is 14. The fourth-order valence-corrected chi connectivity index (χ4v) is 6.70. The maximum absolute atomic E-state index is 13.2. The molecule has 5 N–H and O–H groups in total. The van der Waals surface area contributed by atoms with Crippen LogP contribution in [0.1, 0.15) is 25.2 Å². The summed E-state index contributed by atoms with van der Waals surface area (Å²) in [6.45, 7) is 4.05. The Bertz CT molecular complexity index is 1880. The van der Waals surface area contributed by atoms with E-state index in [-0.39, 0.29) is 24.4 Å². The second-order valence-corrected chi connectivity index (χ2v) is 13.2. The van der Waals surface area contributed by atoms with E-state index in [0.29, 0.717) is 40.3 Å². The van der Waals surface area contributed by atoms with Gasteiger partial charge in [0.05, 0.1) is 42.5 Å². The van der Waals surface area contributed by atoms with Crippen LogP contribution in [0.25, 0.3) is 11.0 Å². The highest BCUT2D eigenvalue weighted by molar-refractivity contribution is 6.12. The van der Waals surface area contributed by atoms with E-state index in [1.807, 2.05) is 31.0 Å². The third-order valence-electron chi connectivity index (χ3n) is 9.49. The highest BCUT2D eigenvalue weighted by atomic mass is 17.2. The number of allylic oxidation sites excluding steroid dienone is 1. The van der Waals surface area contributed by atoms with Crippen LogP contribution < -0.4 is 15.1 Å². The standard InChI is InChI=1S/C34H38N4O10/c1-18-10-25(40)21-11-20-12-28(33(2,3)47-30(20)29(31(21)46-18)38-13-19-4-7-36-23(19)14-38)48-45-16-27(42)34(44,32(43)26(41)15-39)17-37-9-6-22-24(37)5-8-35-22/h4-11,13,24,26-28,32,39,41-44H,12,14-17H2,1-3H3/t24?,26-,27+,28-,32-,34-/m1/s1. The van der Waals surface area contributed by atoms with E-state index < -0.39 is 48.8 Å². The Labute approximate surface area is 275 Å². The molecule has 14 nitrogen and oxygen atoms in total. The average molecular weight is 663 g/mol. The fraction of sp³-hybridized carbons (Fsp3) is 0.441. The summed E-state index contributed by atoms with van der Waals surface area (Å²) < 4.78 is 12.7. The van der Waals surface area contributed by atoms with Gasteiger partial charge in [-0.1, -0.05) is 0 Å². The zero-order valence-electron chi connectivity index (χ0n) is 26.7. The van der Waals surface area contributed by atoms with Gasteiger partial charge in [-0.15, -0.1) is 0 Å². The maximum atomic E-state index is 13.2. The molecule has 6 atom stereocenters. The van der Waals surface area contributed by atoms with Crippen LogP contribution >= 0.6 is 0 Å². The molecule has 1 aromatic heterocycles. The lowest BCUT2D eigenvalue weighted by molar-refractivity contribution is -0.363. The summed E-state index contributed by atoms with van der Waals surface area (Å²) in [5.41, 5.74) is 0.718. The molecule has 0 bridgehead atoms. The van der Waals surface area contributed by atoms with E-state index >= 15 is 0 Å². The van der Waals surface area contributed by atoms with Crippen molar-refractivity contribution in [3.63, 3.8) is 0 Å². The Balaban J connectivity index is 1.12. The molecule has 1 aromatic carbocycles. The molecule has 0 fully saturated rings. The summed E-state index contributed by atoms with van der Waals surface area (Å²) in [6, 6.07) is 2.85. The van der Waals surface area contributed by atoms with Crippen LogP contribution in [0.3, 0.4) is 0 Å². The van der Waals surface area contributed by atoms with E-state index in [9.17, 15) is 30.3 Å². The predicted octanol–water partition coefficient (Wildman–Crippen LogP) is 0.776. The van der Waals surface area contributed by atoms with Gasteiger partial charge in [-0.3, -0.25) is 14.8 Å². The minimum Gasteiger partial charge on any atom is -0.482 e. The van der Waals surface area contributed by atoms with Gasteiger partial charge in [-0.25, -0.2) is 9.78 Å². The number of aliphatic imine (C=N–C) groups is 2. The van der Waals surface area contributed by atoms with Gasteiger partial charge in [0.2, 0.25) is 0 Å². The SMILES string of the molecule is Cc1cc(=O)c2cc3c(c(N4C=C5C=CN=C5C4)c2o1)OC(C)(C)[C@H](OOC[C@H](O)[C@](O)(CN1C=CC2=NC=CC21)[C@H](O)[C@H](O)CO)C3. The number of aliphatic hydroxyl groups is 5. The van der Waals surface area contributed by atoms with Gasteiger partial charge in [0.1, 0.15) is 53.7 Å². The van der Waals surface area contributed by atoms with E-state index in [1.54, 1.807) is 48.6 Å². The summed E-state index contributed by atoms with van der Waals surface area (Å²) in [6.07, 6.45) is 6.48. The molecule has 48 heavy (non-hydrogen) atoms. The van der Waals surface area contributed by atoms with Crippen LogP contribution in [-0.2, 0) is 16.2 Å². The topological polar surface area (TPSA) is 190 Å². The molecule has 2 aromatic rings. The van der Waals surface area contributed by atoms with Crippen LogP contribution in [-0.4, -0.2) is 110 Å². The van der Waals surface area contributed by atoms with Gasteiger partial charge < -0.3 is 44.5 Å². The van der Waals surface area contributed by atoms with Crippen molar-refractivity contribution >= 4 is 28.1 Å². The molecule has 6 heterocycles. The molecule has 0 radical (unpaired) electrons. The quantitative estimate of drug-likeness (QED) is 0.168. The summed E-state index contributed by atoms with van der Waals surface area (Å²) in [7, 11) is 0. The summed E-state index contributed by atoms with van der Waals surface area (Å²) in [5, 5.41) is 53.8. The number of fused-ring (bicyclic) bond motifs is 4. The number of anilines is 1. The molecule has 5 aliphatic heterocycles. The second-order valence-electron chi connectivity index (χ2n) is 13.2. The normalized spacial score (nSPS) is 24.9. The molecule has 0 saturated carbocycles. The van der Waals surface area contributed by atoms with E-state index in [0.717, 1.165) is 17.0 Å². The molecule has 7 rings (SSSR count). The number of β-amino-alcohol motifs (C(OH)–C–C–N with tert-alkyl or cyclic N) is 1. The molecule has 254 valence electrons. The van der Waals surface area contributed by atoms with Crippen LogP contribution in [0.15, 0.2) is 79.9 Å². The van der Waals surface area contributed by atoms with E-state index in [4.69, 9.17) is 18.9 Å². The monoisotopic (exact) mass is 662 g/mol. The molecule has 14 heteroatoms. The van der Waals surface area contributed by atoms with Crippen molar-refractivity contribution in [2.45, 2.75) is 68.9 Å². The van der Waals surface area contributed by atoms with Crippen molar-refractivity contribution in [2.24, 2.45) is 9.98 Å². The second kappa shape index (κ2) is 12.1. The third-order valence-corrected chi connectivity index (χ3v) is 9.49.